The summed E-state index contributed by atoms with van der Waals surface area (Å²) in [6.45, 7) is 0. The highest BCUT2D eigenvalue weighted by Crippen LogP contribution is 2.36. The van der Waals surface area contributed by atoms with Gasteiger partial charge in [0.1, 0.15) is 0 Å². The van der Waals surface area contributed by atoms with Gasteiger partial charge < -0.3 is 0 Å². The highest BCUT2D eigenvalue weighted by atomic mass is 32.2. The summed E-state index contributed by atoms with van der Waals surface area (Å²) in [7, 11) is 0. The molecule has 13 heavy (non-hydrogen) atoms. The topological polar surface area (TPSA) is 55.1 Å². The highest BCUT2D eigenvalue weighted by molar-refractivity contribution is 8.01. The predicted octanol–water partition coefficient (Wildman–Crippen LogP) is 0.693. The van der Waals surface area contributed by atoms with Crippen LogP contribution in [0.4, 0.5) is 0 Å². The van der Waals surface area contributed by atoms with Crippen LogP contribution in [0.15, 0.2) is 29.2 Å². The molecule has 1 aromatic rings. The van der Waals surface area contributed by atoms with E-state index in [-0.39, 0.29) is 11.2 Å². The van der Waals surface area contributed by atoms with Gasteiger partial charge in [-0.1, -0.05) is 18.2 Å². The molecule has 1 atom stereocenters. The molecule has 68 valence electrons. The number of hydrogen-bond acceptors (Lipinski definition) is 3. The monoisotopic (exact) mass is 194 g/mol. The Bertz CT molecular complexity index is 315. The molecule has 3 nitrogen and oxygen atoms in total. The number of thioether (sulfide) groups is 1. The molecule has 2 rings (SSSR count). The molecule has 4 heteroatoms. The van der Waals surface area contributed by atoms with Gasteiger partial charge >= 0.3 is 0 Å². The molecule has 0 fully saturated rings. The van der Waals surface area contributed by atoms with E-state index in [9.17, 15) is 4.79 Å². The lowest BCUT2D eigenvalue weighted by atomic mass is 10.1. The maximum Gasteiger partial charge on any atom is 0.247 e. The van der Waals surface area contributed by atoms with Crippen LogP contribution in [0.3, 0.4) is 0 Å². The van der Waals surface area contributed by atoms with E-state index in [1.807, 2.05) is 24.3 Å². The third-order valence-corrected chi connectivity index (χ3v) is 3.40. The Hall–Kier alpha value is -1.00. The molecule has 1 aliphatic rings. The summed E-state index contributed by atoms with van der Waals surface area (Å²) in [6, 6.07) is 8.05. The Balaban J connectivity index is 2.18. The number of carbonyl (C=O) groups is 1. The maximum atomic E-state index is 11.2. The van der Waals surface area contributed by atoms with Crippen molar-refractivity contribution < 1.29 is 4.79 Å². The number of fused-ring (bicyclic) bond motifs is 1. The number of rotatable bonds is 1. The van der Waals surface area contributed by atoms with Crippen molar-refractivity contribution in [1.82, 2.24) is 5.43 Å². The molecule has 0 radical (unpaired) electrons. The smallest absolute Gasteiger partial charge is 0.247 e. The van der Waals surface area contributed by atoms with E-state index in [0.29, 0.717) is 0 Å². The molecule has 0 unspecified atom stereocenters. The van der Waals surface area contributed by atoms with E-state index < -0.39 is 0 Å². The van der Waals surface area contributed by atoms with Crippen LogP contribution in [-0.4, -0.2) is 11.2 Å². The zero-order valence-electron chi connectivity index (χ0n) is 6.99. The Morgan fingerprint density at radius 2 is 2.31 bits per heavy atom. The van der Waals surface area contributed by atoms with E-state index in [2.05, 4.69) is 5.43 Å². The largest absolute Gasteiger partial charge is 0.293 e. The summed E-state index contributed by atoms with van der Waals surface area (Å²) in [6.07, 6.45) is 0.782. The summed E-state index contributed by atoms with van der Waals surface area (Å²) < 4.78 is 0. The second kappa shape index (κ2) is 3.40. The summed E-state index contributed by atoms with van der Waals surface area (Å²) >= 11 is 1.58. The Kier molecular flexibility index (Phi) is 2.24. The van der Waals surface area contributed by atoms with Gasteiger partial charge in [0, 0.05) is 4.90 Å². The maximum absolute atomic E-state index is 11.2. The van der Waals surface area contributed by atoms with Crippen LogP contribution in [0.5, 0.6) is 0 Å². The van der Waals surface area contributed by atoms with E-state index in [0.717, 1.165) is 6.42 Å². The lowest BCUT2D eigenvalue weighted by molar-refractivity contribution is -0.120. The van der Waals surface area contributed by atoms with E-state index in [1.54, 1.807) is 11.8 Å². The van der Waals surface area contributed by atoms with E-state index in [1.165, 1.54) is 10.5 Å². The Morgan fingerprint density at radius 1 is 1.54 bits per heavy atom. The van der Waals surface area contributed by atoms with Gasteiger partial charge in [0.25, 0.3) is 0 Å². The summed E-state index contributed by atoms with van der Waals surface area (Å²) in [4.78, 5) is 12.4. The second-order valence-electron chi connectivity index (χ2n) is 2.93. The molecular formula is C9H10N2OS. The molecule has 0 spiro atoms. The predicted molar refractivity (Wildman–Crippen MR) is 52.1 cm³/mol. The van der Waals surface area contributed by atoms with Gasteiger partial charge in [0.05, 0.1) is 5.25 Å². The minimum atomic E-state index is -0.0961. The van der Waals surface area contributed by atoms with Gasteiger partial charge in [-0.25, -0.2) is 5.84 Å². The van der Waals surface area contributed by atoms with Gasteiger partial charge in [0.2, 0.25) is 5.91 Å². The van der Waals surface area contributed by atoms with Gasteiger partial charge in [0.15, 0.2) is 0 Å². The third-order valence-electron chi connectivity index (χ3n) is 2.08. The third kappa shape index (κ3) is 1.55. The first kappa shape index (κ1) is 8.59. The number of amides is 1. The minimum Gasteiger partial charge on any atom is -0.293 e. The number of hydrogen-bond donors (Lipinski definition) is 2. The van der Waals surface area contributed by atoms with Gasteiger partial charge in [-0.2, -0.15) is 0 Å². The lowest BCUT2D eigenvalue weighted by Crippen LogP contribution is -2.37. The van der Waals surface area contributed by atoms with Crippen LogP contribution in [0.1, 0.15) is 5.56 Å². The minimum absolute atomic E-state index is 0.0533. The van der Waals surface area contributed by atoms with Crippen molar-refractivity contribution in [3.05, 3.63) is 29.8 Å². The van der Waals surface area contributed by atoms with Crippen molar-refractivity contribution in [2.75, 3.05) is 0 Å². The molecule has 1 aliphatic heterocycles. The van der Waals surface area contributed by atoms with Crippen LogP contribution >= 0.6 is 11.8 Å². The van der Waals surface area contributed by atoms with Crippen LogP contribution < -0.4 is 11.3 Å². The van der Waals surface area contributed by atoms with Crippen LogP contribution in [0.2, 0.25) is 0 Å². The first-order chi connectivity index (χ1) is 6.31. The summed E-state index contributed by atoms with van der Waals surface area (Å²) in [5.41, 5.74) is 3.42. The number of nitrogens with one attached hydrogen (secondary N) is 1. The van der Waals surface area contributed by atoms with E-state index in [4.69, 9.17) is 5.84 Å². The second-order valence-corrected chi connectivity index (χ2v) is 4.17. The molecule has 1 heterocycles. The average molecular weight is 194 g/mol. The van der Waals surface area contributed by atoms with Crippen molar-refractivity contribution >= 4 is 17.7 Å². The Labute approximate surface area is 80.7 Å². The van der Waals surface area contributed by atoms with Gasteiger partial charge in [-0.15, -0.1) is 11.8 Å². The van der Waals surface area contributed by atoms with Gasteiger partial charge in [-0.3, -0.25) is 10.2 Å². The van der Waals surface area contributed by atoms with Crippen molar-refractivity contribution in [2.45, 2.75) is 16.6 Å². The molecule has 3 N–H and O–H groups in total. The lowest BCUT2D eigenvalue weighted by Gasteiger charge is -2.04. The van der Waals surface area contributed by atoms with Crippen molar-refractivity contribution in [3.63, 3.8) is 0 Å². The highest BCUT2D eigenvalue weighted by Gasteiger charge is 2.27. The molecular weight excluding hydrogens is 184 g/mol. The molecule has 1 amide bonds. The van der Waals surface area contributed by atoms with Crippen LogP contribution in [-0.2, 0) is 11.2 Å². The first-order valence-corrected chi connectivity index (χ1v) is 4.94. The fourth-order valence-corrected chi connectivity index (χ4v) is 2.63. The molecule has 0 aliphatic carbocycles. The molecule has 1 aromatic carbocycles. The molecule has 0 aromatic heterocycles. The van der Waals surface area contributed by atoms with Crippen LogP contribution in [0.25, 0.3) is 0 Å². The van der Waals surface area contributed by atoms with Crippen LogP contribution in [0, 0.1) is 0 Å². The number of nitrogens with two attached hydrogens (primary N) is 1. The molecule has 0 saturated carbocycles. The normalized spacial score (nSPS) is 19.6. The summed E-state index contributed by atoms with van der Waals surface area (Å²) in [5, 5.41) is -0.0533. The number of benzene rings is 1. The fraction of sp³-hybridized carbons (Fsp3) is 0.222. The Morgan fingerprint density at radius 3 is 3.00 bits per heavy atom. The zero-order chi connectivity index (χ0) is 9.26. The van der Waals surface area contributed by atoms with Crippen molar-refractivity contribution in [1.29, 1.82) is 0 Å². The number of hydrazine groups is 1. The van der Waals surface area contributed by atoms with E-state index >= 15 is 0 Å². The van der Waals surface area contributed by atoms with Crippen molar-refractivity contribution in [3.8, 4) is 0 Å². The SMILES string of the molecule is NNC(=O)[C@H]1Cc2ccccc2S1. The molecule has 0 saturated heterocycles. The van der Waals surface area contributed by atoms with Crippen molar-refractivity contribution in [2.24, 2.45) is 5.84 Å². The van der Waals surface area contributed by atoms with Gasteiger partial charge in [-0.05, 0) is 18.1 Å². The standard InChI is InChI=1S/C9H10N2OS/c10-11-9(12)8-5-6-3-1-2-4-7(6)13-8/h1-4,8H,5,10H2,(H,11,12)/t8-/m1/s1. The number of carbonyl (C=O) groups excluding carboxylic acids is 1. The fourth-order valence-electron chi connectivity index (χ4n) is 1.42. The molecule has 0 bridgehead atoms. The first-order valence-electron chi connectivity index (χ1n) is 4.06. The average Bonchev–Trinajstić information content (AvgIpc) is 2.59. The quantitative estimate of drug-likeness (QED) is 0.393. The summed E-state index contributed by atoms with van der Waals surface area (Å²) in [5.74, 6) is 4.98. The zero-order valence-corrected chi connectivity index (χ0v) is 7.80.